The molecule has 2 rings (SSSR count). The van der Waals surface area contributed by atoms with Crippen LogP contribution in [0.15, 0.2) is 23.8 Å². The van der Waals surface area contributed by atoms with Gasteiger partial charge in [0.15, 0.2) is 0 Å². The number of hydrogen-bond donors (Lipinski definition) is 2. The number of rotatable bonds is 10. The Morgan fingerprint density at radius 1 is 1.35 bits per heavy atom. The standard InChI is InChI=1S/C23H38F3N2O2P/c1-17(23(25,26)31)5-3-4-6-18-10-14-28(15-18)16-20(29)9-13-27-21(30)19-7-11-22(2,24)12-8-19/h3-5,18-20,29H,6-16,31H2,1-2H3,(H,27,30)/b4-3-,17-5+. The van der Waals surface area contributed by atoms with Gasteiger partial charge in [-0.3, -0.25) is 4.79 Å². The molecule has 0 radical (unpaired) electrons. The largest absolute Gasteiger partial charge is 0.392 e. The highest BCUT2D eigenvalue weighted by Crippen LogP contribution is 2.34. The molecule has 2 aliphatic rings. The lowest BCUT2D eigenvalue weighted by Gasteiger charge is -2.30. The van der Waals surface area contributed by atoms with Gasteiger partial charge in [0, 0.05) is 25.6 Å². The Kier molecular flexibility index (Phi) is 10.0. The average Bonchev–Trinajstić information content (AvgIpc) is 3.11. The number of amides is 1. The van der Waals surface area contributed by atoms with Crippen LogP contribution in [0.4, 0.5) is 13.2 Å². The number of hydrogen-bond acceptors (Lipinski definition) is 3. The van der Waals surface area contributed by atoms with Crippen LogP contribution in [0, 0.1) is 11.8 Å². The van der Waals surface area contributed by atoms with Crippen molar-refractivity contribution in [3.8, 4) is 0 Å². The van der Waals surface area contributed by atoms with E-state index in [1.54, 1.807) is 13.0 Å². The van der Waals surface area contributed by atoms with Gasteiger partial charge in [-0.15, -0.1) is 0 Å². The van der Waals surface area contributed by atoms with Gasteiger partial charge in [0.25, 0.3) is 5.66 Å². The third-order valence-electron chi connectivity index (χ3n) is 6.49. The number of nitrogens with zero attached hydrogens (tertiary/aromatic N) is 1. The summed E-state index contributed by atoms with van der Waals surface area (Å²) in [6.45, 7) is 5.78. The maximum atomic E-state index is 13.8. The number of carbonyl (C=O) groups is 1. The molecule has 2 fully saturated rings. The fourth-order valence-corrected chi connectivity index (χ4v) is 4.34. The van der Waals surface area contributed by atoms with Gasteiger partial charge in [0.2, 0.25) is 5.91 Å². The summed E-state index contributed by atoms with van der Waals surface area (Å²) in [5.74, 6) is 0.314. The van der Waals surface area contributed by atoms with Crippen LogP contribution in [0.1, 0.15) is 58.8 Å². The minimum absolute atomic E-state index is 0.0152. The number of carbonyl (C=O) groups excluding carboxylic acids is 1. The monoisotopic (exact) mass is 462 g/mol. The number of halogens is 3. The highest BCUT2D eigenvalue weighted by atomic mass is 31.0. The second-order valence-electron chi connectivity index (χ2n) is 9.47. The molecule has 1 heterocycles. The van der Waals surface area contributed by atoms with E-state index in [1.807, 2.05) is 6.08 Å². The van der Waals surface area contributed by atoms with E-state index in [9.17, 15) is 23.1 Å². The maximum Gasteiger partial charge on any atom is 0.280 e. The minimum Gasteiger partial charge on any atom is -0.392 e. The van der Waals surface area contributed by atoms with Gasteiger partial charge in [-0.2, -0.15) is 8.78 Å². The summed E-state index contributed by atoms with van der Waals surface area (Å²) >= 11 is 0. The number of aliphatic hydroxyl groups excluding tert-OH is 1. The van der Waals surface area contributed by atoms with Crippen molar-refractivity contribution >= 4 is 15.1 Å². The van der Waals surface area contributed by atoms with Crippen molar-refractivity contribution in [3.63, 3.8) is 0 Å². The zero-order chi connectivity index (χ0) is 23.1. The van der Waals surface area contributed by atoms with Gasteiger partial charge >= 0.3 is 0 Å². The molecule has 1 saturated carbocycles. The van der Waals surface area contributed by atoms with Gasteiger partial charge in [0.1, 0.15) is 5.67 Å². The number of nitrogens with one attached hydrogen (secondary N) is 1. The van der Waals surface area contributed by atoms with Crippen molar-refractivity contribution in [1.82, 2.24) is 10.2 Å². The molecule has 1 amide bonds. The van der Waals surface area contributed by atoms with Crippen molar-refractivity contribution in [2.45, 2.75) is 76.2 Å². The van der Waals surface area contributed by atoms with Crippen LogP contribution in [-0.2, 0) is 4.79 Å². The molecule has 0 aromatic carbocycles. The molecule has 1 aliphatic heterocycles. The van der Waals surface area contributed by atoms with Gasteiger partial charge in [-0.05, 0) is 76.8 Å². The SMILES string of the molecule is C/C(=C\C=C/CC1CCN(CC(O)CCNC(=O)C2CCC(C)(F)CC2)C1)C(F)(F)P. The first-order valence-electron chi connectivity index (χ1n) is 11.3. The molecular formula is C23H38F3N2O2P. The quantitative estimate of drug-likeness (QED) is 0.373. The van der Waals surface area contributed by atoms with E-state index in [1.165, 1.54) is 22.2 Å². The van der Waals surface area contributed by atoms with Crippen LogP contribution < -0.4 is 5.32 Å². The molecule has 3 unspecified atom stereocenters. The lowest BCUT2D eigenvalue weighted by Crippen LogP contribution is -2.38. The predicted octanol–water partition coefficient (Wildman–Crippen LogP) is 4.45. The molecule has 31 heavy (non-hydrogen) atoms. The zero-order valence-corrected chi connectivity index (χ0v) is 19.9. The first kappa shape index (κ1) is 26.3. The Labute approximate surface area is 186 Å². The molecule has 0 aromatic heterocycles. The highest BCUT2D eigenvalue weighted by molar-refractivity contribution is 7.18. The molecule has 4 nitrogen and oxygen atoms in total. The molecule has 1 saturated heterocycles. The van der Waals surface area contributed by atoms with Crippen molar-refractivity contribution in [2.75, 3.05) is 26.2 Å². The van der Waals surface area contributed by atoms with Gasteiger partial charge in [-0.1, -0.05) is 27.5 Å². The molecule has 1 aliphatic carbocycles. The fraction of sp³-hybridized carbons (Fsp3) is 0.783. The first-order chi connectivity index (χ1) is 14.5. The van der Waals surface area contributed by atoms with Crippen LogP contribution in [0.2, 0.25) is 0 Å². The summed E-state index contributed by atoms with van der Waals surface area (Å²) in [7, 11) is 1.54. The first-order valence-corrected chi connectivity index (χ1v) is 11.9. The third-order valence-corrected chi connectivity index (χ3v) is 6.95. The predicted molar refractivity (Wildman–Crippen MR) is 122 cm³/mol. The number of aliphatic hydroxyl groups is 1. The summed E-state index contributed by atoms with van der Waals surface area (Å²) < 4.78 is 40.0. The average molecular weight is 463 g/mol. The summed E-state index contributed by atoms with van der Waals surface area (Å²) in [4.78, 5) is 14.4. The van der Waals surface area contributed by atoms with Crippen LogP contribution in [-0.4, -0.2) is 59.5 Å². The lowest BCUT2D eigenvalue weighted by molar-refractivity contribution is -0.126. The number of likely N-dealkylation sites (tertiary alicyclic amines) is 1. The topological polar surface area (TPSA) is 52.6 Å². The number of allylic oxidation sites excluding steroid dienone is 4. The second kappa shape index (κ2) is 11.8. The normalized spacial score (nSPS) is 29.5. The van der Waals surface area contributed by atoms with Crippen molar-refractivity contribution < 1.29 is 23.1 Å². The Morgan fingerprint density at radius 3 is 2.68 bits per heavy atom. The van der Waals surface area contributed by atoms with Gasteiger partial charge in [0.05, 0.1) is 6.10 Å². The Morgan fingerprint density at radius 2 is 2.03 bits per heavy atom. The maximum absolute atomic E-state index is 13.8. The molecule has 0 spiro atoms. The van der Waals surface area contributed by atoms with Crippen LogP contribution in [0.5, 0.6) is 0 Å². The van der Waals surface area contributed by atoms with Crippen molar-refractivity contribution in [2.24, 2.45) is 11.8 Å². The summed E-state index contributed by atoms with van der Waals surface area (Å²) in [6, 6.07) is 0. The molecule has 3 atom stereocenters. The Hall–Kier alpha value is -0.910. The Balaban J connectivity index is 1.60. The molecule has 2 N–H and O–H groups in total. The summed E-state index contributed by atoms with van der Waals surface area (Å²) in [6.07, 6.45) is 8.92. The number of β-amino-alcohol motifs (C(OH)–C–C–N with tert-alkyl or cyclic N) is 1. The fourth-order valence-electron chi connectivity index (χ4n) is 4.24. The Bertz CT molecular complexity index is 639. The highest BCUT2D eigenvalue weighted by Gasteiger charge is 2.33. The summed E-state index contributed by atoms with van der Waals surface area (Å²) in [5, 5.41) is 13.2. The van der Waals surface area contributed by atoms with Crippen molar-refractivity contribution in [1.29, 1.82) is 0 Å². The number of alkyl halides is 3. The van der Waals surface area contributed by atoms with E-state index in [0.29, 0.717) is 51.1 Å². The lowest BCUT2D eigenvalue weighted by atomic mass is 9.80. The van der Waals surface area contributed by atoms with Gasteiger partial charge < -0.3 is 15.3 Å². The van der Waals surface area contributed by atoms with E-state index in [2.05, 4.69) is 10.2 Å². The second-order valence-corrected chi connectivity index (χ2v) is 10.2. The van der Waals surface area contributed by atoms with Crippen LogP contribution in [0.3, 0.4) is 0 Å². The third kappa shape index (κ3) is 9.63. The molecular weight excluding hydrogens is 424 g/mol. The smallest absolute Gasteiger partial charge is 0.280 e. The van der Waals surface area contributed by atoms with E-state index in [0.717, 1.165) is 25.9 Å². The van der Waals surface area contributed by atoms with E-state index in [-0.39, 0.29) is 17.4 Å². The molecule has 0 aromatic rings. The van der Waals surface area contributed by atoms with E-state index >= 15 is 0 Å². The van der Waals surface area contributed by atoms with E-state index in [4.69, 9.17) is 0 Å². The van der Waals surface area contributed by atoms with Gasteiger partial charge in [-0.25, -0.2) is 4.39 Å². The van der Waals surface area contributed by atoms with E-state index < -0.39 is 17.4 Å². The molecule has 8 heteroatoms. The minimum atomic E-state index is -2.86. The van der Waals surface area contributed by atoms with Crippen LogP contribution >= 0.6 is 9.24 Å². The molecule has 178 valence electrons. The summed E-state index contributed by atoms with van der Waals surface area (Å²) in [5.41, 5.74) is -3.99. The van der Waals surface area contributed by atoms with Crippen LogP contribution in [0.25, 0.3) is 0 Å². The zero-order valence-electron chi connectivity index (χ0n) is 18.8. The molecule has 0 bridgehead atoms. The van der Waals surface area contributed by atoms with Crippen molar-refractivity contribution in [3.05, 3.63) is 23.8 Å².